The molecule has 0 fully saturated rings. The molecular weight excluding hydrogens is 520 g/mol. The first-order valence-corrected chi connectivity index (χ1v) is 10.7. The number of aromatic nitrogens is 1. The van der Waals surface area contributed by atoms with E-state index < -0.39 is 11.7 Å². The molecule has 8 heteroatoms. The monoisotopic (exact) mass is 534 g/mol. The van der Waals surface area contributed by atoms with Gasteiger partial charge in [-0.2, -0.15) is 13.2 Å². The normalized spacial score (nSPS) is 10.8. The van der Waals surface area contributed by atoms with Crippen molar-refractivity contribution in [2.45, 2.75) is 13.1 Å². The number of hydrogen-bond donors (Lipinski definition) is 1. The van der Waals surface area contributed by atoms with Crippen LogP contribution in [0.2, 0.25) is 0 Å². The average molecular weight is 535 g/mol. The molecule has 3 nitrogen and oxygen atoms in total. The predicted octanol–water partition coefficient (Wildman–Crippen LogP) is 6.33. The van der Waals surface area contributed by atoms with Crippen molar-refractivity contribution in [3.8, 4) is 22.6 Å². The first kappa shape index (κ1) is 21.5. The summed E-state index contributed by atoms with van der Waals surface area (Å²) in [4.78, 5) is 4.04. The first-order chi connectivity index (χ1) is 12.8. The Hall–Kier alpha value is -1.77. The molecule has 1 aromatic heterocycles. The van der Waals surface area contributed by atoms with Crippen molar-refractivity contribution >= 4 is 26.2 Å². The van der Waals surface area contributed by atoms with E-state index in [1.165, 1.54) is 6.07 Å². The van der Waals surface area contributed by atoms with Crippen LogP contribution < -0.4 is 10.5 Å². The second-order valence-corrected chi connectivity index (χ2v) is 5.54. The van der Waals surface area contributed by atoms with Crippen molar-refractivity contribution in [3.63, 3.8) is 0 Å². The van der Waals surface area contributed by atoms with Crippen LogP contribution in [0.15, 0.2) is 60.8 Å². The van der Waals surface area contributed by atoms with Gasteiger partial charge in [0.2, 0.25) is 0 Å². The quantitative estimate of drug-likeness (QED) is 0.315. The number of nitrogen functional groups attached to an aromatic ring is 1. The zero-order chi connectivity index (χ0) is 20.0. The van der Waals surface area contributed by atoms with Crippen LogP contribution >= 0.6 is 20.3 Å². The van der Waals surface area contributed by atoms with Gasteiger partial charge in [-0.3, -0.25) is 0 Å². The fraction of sp³-hybridized carbons (Fsp3) is 0.105. The molecule has 3 aromatic rings. The molecule has 3 rings (SSSR count). The second kappa shape index (κ2) is 9.43. The summed E-state index contributed by atoms with van der Waals surface area (Å²) in [6.45, 7) is 1.58. The SMILES string of the molecule is Cc1cc(C(F)(F)F)ccc1Oc1ccc(-c2cccnc2N)cc1.[Cu][I]. The van der Waals surface area contributed by atoms with E-state index in [4.69, 9.17) is 10.5 Å². The molecule has 146 valence electrons. The molecule has 1 heterocycles. The Kier molecular flexibility index (Phi) is 7.52. The molecule has 2 aromatic carbocycles. The summed E-state index contributed by atoms with van der Waals surface area (Å²) in [6, 6.07) is 14.2. The van der Waals surface area contributed by atoms with Crippen molar-refractivity contribution in [1.82, 2.24) is 4.98 Å². The molecule has 0 saturated heterocycles. The predicted molar refractivity (Wildman–Crippen MR) is 104 cm³/mol. The fourth-order valence-corrected chi connectivity index (χ4v) is 2.43. The van der Waals surface area contributed by atoms with E-state index in [2.05, 4.69) is 17.7 Å². The van der Waals surface area contributed by atoms with Crippen molar-refractivity contribution in [2.75, 3.05) is 5.73 Å². The molecule has 0 radical (unpaired) electrons. The van der Waals surface area contributed by atoms with E-state index in [9.17, 15) is 13.2 Å². The van der Waals surface area contributed by atoms with Gasteiger partial charge in [0.1, 0.15) is 17.3 Å². The summed E-state index contributed by atoms with van der Waals surface area (Å²) in [5.74, 6) is 1.32. The summed E-state index contributed by atoms with van der Waals surface area (Å²) < 4.78 is 43.8. The number of hydrogen-bond acceptors (Lipinski definition) is 3. The number of anilines is 1. The van der Waals surface area contributed by atoms with Crippen molar-refractivity contribution in [1.29, 1.82) is 0 Å². The third-order valence-corrected chi connectivity index (χ3v) is 3.73. The molecular formula is C19H15CuF3IN2O. The van der Waals surface area contributed by atoms with E-state index in [1.54, 1.807) is 51.7 Å². The Bertz CT molecular complexity index is 902. The molecule has 0 spiro atoms. The third kappa shape index (κ3) is 5.60. The fourth-order valence-electron chi connectivity index (χ4n) is 2.43. The van der Waals surface area contributed by atoms with Crippen LogP contribution in [0.3, 0.4) is 0 Å². The Labute approximate surface area is 174 Å². The second-order valence-electron chi connectivity index (χ2n) is 5.54. The van der Waals surface area contributed by atoms with E-state index >= 15 is 0 Å². The summed E-state index contributed by atoms with van der Waals surface area (Å²) in [5, 5.41) is 0. The minimum absolute atomic E-state index is 0.377. The average Bonchev–Trinajstić information content (AvgIpc) is 2.65. The standard InChI is InChI=1S/C19H15F3N2O.Cu.HI/c1-12-11-14(19(20,21)22)6-9-17(12)25-15-7-4-13(5-8-15)16-3-2-10-24-18(16)23;;/h2-11H,1H3,(H2,23,24);;1H/q;+1;/p-1. The number of rotatable bonds is 3. The maximum absolute atomic E-state index is 12.7. The number of alkyl halides is 3. The molecule has 0 atom stereocenters. The van der Waals surface area contributed by atoms with Crippen LogP contribution in [0.5, 0.6) is 11.5 Å². The third-order valence-electron chi connectivity index (χ3n) is 3.73. The van der Waals surface area contributed by atoms with Crippen LogP contribution in [0.4, 0.5) is 19.0 Å². The Balaban J connectivity index is 0.00000126. The van der Waals surface area contributed by atoms with Gasteiger partial charge < -0.3 is 10.5 Å². The Morgan fingerprint density at radius 3 is 2.26 bits per heavy atom. The minimum atomic E-state index is -4.37. The Morgan fingerprint density at radius 2 is 1.70 bits per heavy atom. The molecule has 2 N–H and O–H groups in total. The molecule has 0 amide bonds. The number of ether oxygens (including phenoxy) is 1. The van der Waals surface area contributed by atoms with Gasteiger partial charge in [-0.1, -0.05) is 12.1 Å². The van der Waals surface area contributed by atoms with Gasteiger partial charge in [-0.05, 0) is 60.5 Å². The molecule has 0 saturated carbocycles. The van der Waals surface area contributed by atoms with E-state index in [0.29, 0.717) is 22.9 Å². The van der Waals surface area contributed by atoms with E-state index in [0.717, 1.165) is 23.3 Å². The summed E-state index contributed by atoms with van der Waals surface area (Å²) in [5.41, 5.74) is 7.25. The number of halogens is 4. The summed E-state index contributed by atoms with van der Waals surface area (Å²) in [6.07, 6.45) is -2.75. The van der Waals surface area contributed by atoms with E-state index in [1.807, 2.05) is 18.2 Å². The Morgan fingerprint density at radius 1 is 1.04 bits per heavy atom. The van der Waals surface area contributed by atoms with Crippen LogP contribution in [0.1, 0.15) is 11.1 Å². The van der Waals surface area contributed by atoms with Gasteiger partial charge in [0.25, 0.3) is 0 Å². The van der Waals surface area contributed by atoms with Gasteiger partial charge in [0.05, 0.1) is 5.56 Å². The summed E-state index contributed by atoms with van der Waals surface area (Å²) in [7, 11) is 0. The van der Waals surface area contributed by atoms with Gasteiger partial charge in [-0.25, -0.2) is 4.98 Å². The van der Waals surface area contributed by atoms with E-state index in [-0.39, 0.29) is 0 Å². The number of aryl methyl sites for hydroxylation is 1. The number of pyridine rings is 1. The molecule has 0 bridgehead atoms. The number of nitrogens with two attached hydrogens (primary N) is 1. The first-order valence-electron chi connectivity index (χ1n) is 7.62. The van der Waals surface area contributed by atoms with Crippen molar-refractivity contribution in [3.05, 3.63) is 71.9 Å². The zero-order valence-corrected chi connectivity index (χ0v) is 17.1. The summed E-state index contributed by atoms with van der Waals surface area (Å²) >= 11 is 5.87. The van der Waals surface area contributed by atoms with Gasteiger partial charge in [-0.15, -0.1) is 0 Å². The molecule has 0 unspecified atom stereocenters. The van der Waals surface area contributed by atoms with Crippen LogP contribution in [-0.4, -0.2) is 4.98 Å². The van der Waals surface area contributed by atoms with Gasteiger partial charge in [0, 0.05) is 11.8 Å². The number of benzene rings is 2. The van der Waals surface area contributed by atoms with Gasteiger partial charge in [0.15, 0.2) is 0 Å². The van der Waals surface area contributed by atoms with Crippen LogP contribution in [-0.2, 0) is 18.9 Å². The molecule has 0 aliphatic carbocycles. The van der Waals surface area contributed by atoms with Crippen molar-refractivity contribution < 1.29 is 30.7 Å². The number of nitrogens with zero attached hydrogens (tertiary/aromatic N) is 1. The molecule has 0 aliphatic rings. The van der Waals surface area contributed by atoms with Crippen LogP contribution in [0, 0.1) is 6.92 Å². The van der Waals surface area contributed by atoms with Crippen LogP contribution in [0.25, 0.3) is 11.1 Å². The van der Waals surface area contributed by atoms with Gasteiger partial charge >= 0.3 is 39.3 Å². The molecule has 0 aliphatic heterocycles. The van der Waals surface area contributed by atoms with Crippen molar-refractivity contribution in [2.24, 2.45) is 0 Å². The topological polar surface area (TPSA) is 48.1 Å². The zero-order valence-electron chi connectivity index (χ0n) is 14.0. The molecule has 27 heavy (non-hydrogen) atoms. The maximum atomic E-state index is 12.7.